The van der Waals surface area contributed by atoms with Gasteiger partial charge in [0.25, 0.3) is 5.91 Å². The number of benzene rings is 2. The largest absolute Gasteiger partial charge is 0.325 e. The molecule has 1 aliphatic rings. The summed E-state index contributed by atoms with van der Waals surface area (Å²) < 4.78 is 0. The maximum Gasteiger partial charge on any atom is 0.254 e. The molecule has 26 heavy (non-hydrogen) atoms. The Hall–Kier alpha value is -2.33. The highest BCUT2D eigenvalue weighted by Gasteiger charge is 2.35. The molecule has 1 aliphatic heterocycles. The van der Waals surface area contributed by atoms with Gasteiger partial charge in [-0.1, -0.05) is 43.6 Å². The second-order valence-corrected chi connectivity index (χ2v) is 7.36. The number of rotatable bonds is 3. The van der Waals surface area contributed by atoms with Crippen LogP contribution in [-0.4, -0.2) is 35.8 Å². The normalized spacial score (nSPS) is 17.7. The number of hydrogen-bond acceptors (Lipinski definition) is 2. The molecule has 0 aromatic heterocycles. The lowest BCUT2D eigenvalue weighted by Crippen LogP contribution is -2.57. The predicted octanol–water partition coefficient (Wildman–Crippen LogP) is 4.34. The summed E-state index contributed by atoms with van der Waals surface area (Å²) in [6.07, 6.45) is 0. The second-order valence-electron chi connectivity index (χ2n) is 6.92. The molecule has 1 heterocycles. The van der Waals surface area contributed by atoms with Gasteiger partial charge in [-0.15, -0.1) is 0 Å². The highest BCUT2D eigenvalue weighted by molar-refractivity contribution is 6.31. The number of nitrogens with zero attached hydrogens (tertiary/aromatic N) is 2. The average Bonchev–Trinajstić information content (AvgIpc) is 2.63. The molecular weight excluding hydrogens is 348 g/mol. The molecule has 4 nitrogen and oxygen atoms in total. The molecule has 1 atom stereocenters. The van der Waals surface area contributed by atoms with Crippen LogP contribution in [0.15, 0.2) is 48.5 Å². The number of anilines is 1. The molecule has 2 aromatic rings. The zero-order valence-corrected chi connectivity index (χ0v) is 16.0. The van der Waals surface area contributed by atoms with Crippen LogP contribution in [0.2, 0.25) is 5.02 Å². The smallest absolute Gasteiger partial charge is 0.254 e. The number of carbonyl (C=O) groups is 2. The summed E-state index contributed by atoms with van der Waals surface area (Å²) in [6.45, 7) is 7.03. The maximum atomic E-state index is 12.9. The van der Waals surface area contributed by atoms with E-state index in [1.165, 1.54) is 5.56 Å². The van der Waals surface area contributed by atoms with Gasteiger partial charge in [0.1, 0.15) is 6.04 Å². The van der Waals surface area contributed by atoms with Crippen LogP contribution in [0.1, 0.15) is 42.6 Å². The molecule has 0 bridgehead atoms. The minimum Gasteiger partial charge on any atom is -0.325 e. The van der Waals surface area contributed by atoms with Crippen molar-refractivity contribution in [1.29, 1.82) is 0 Å². The summed E-state index contributed by atoms with van der Waals surface area (Å²) in [5.74, 6) is 0.220. The topological polar surface area (TPSA) is 40.6 Å². The van der Waals surface area contributed by atoms with Gasteiger partial charge in [-0.25, -0.2) is 0 Å². The third-order valence-electron chi connectivity index (χ3n) is 4.86. The SMILES string of the molecule is CC(C)c1ccc(N2CCN(C(=O)c3cccc(Cl)c3)[C@@H](C)C2=O)cc1. The lowest BCUT2D eigenvalue weighted by Gasteiger charge is -2.39. The van der Waals surface area contributed by atoms with E-state index >= 15 is 0 Å². The number of carbonyl (C=O) groups excluding carboxylic acids is 2. The van der Waals surface area contributed by atoms with Gasteiger partial charge in [0.15, 0.2) is 0 Å². The first-order valence-electron chi connectivity index (χ1n) is 8.86. The van der Waals surface area contributed by atoms with Crippen molar-refractivity contribution in [3.05, 3.63) is 64.7 Å². The Labute approximate surface area is 159 Å². The Morgan fingerprint density at radius 2 is 1.81 bits per heavy atom. The zero-order chi connectivity index (χ0) is 18.8. The second kappa shape index (κ2) is 7.50. The molecule has 1 saturated heterocycles. The van der Waals surface area contributed by atoms with E-state index in [4.69, 9.17) is 11.6 Å². The van der Waals surface area contributed by atoms with Gasteiger partial charge in [-0.05, 0) is 48.7 Å². The van der Waals surface area contributed by atoms with E-state index in [-0.39, 0.29) is 11.8 Å². The monoisotopic (exact) mass is 370 g/mol. The molecule has 2 amide bonds. The fourth-order valence-electron chi connectivity index (χ4n) is 3.23. The van der Waals surface area contributed by atoms with Crippen LogP contribution in [-0.2, 0) is 4.79 Å². The van der Waals surface area contributed by atoms with E-state index in [0.717, 1.165) is 5.69 Å². The fraction of sp³-hybridized carbons (Fsp3) is 0.333. The van der Waals surface area contributed by atoms with Crippen molar-refractivity contribution in [3.8, 4) is 0 Å². The molecular formula is C21H23ClN2O2. The van der Waals surface area contributed by atoms with Crippen LogP contribution in [0, 0.1) is 0 Å². The maximum absolute atomic E-state index is 12.9. The van der Waals surface area contributed by atoms with Crippen molar-refractivity contribution in [2.24, 2.45) is 0 Å². The minimum absolute atomic E-state index is 0.0658. The van der Waals surface area contributed by atoms with Crippen molar-refractivity contribution in [3.63, 3.8) is 0 Å². The highest BCUT2D eigenvalue weighted by Crippen LogP contribution is 2.24. The Morgan fingerprint density at radius 1 is 1.12 bits per heavy atom. The summed E-state index contributed by atoms with van der Waals surface area (Å²) in [5, 5.41) is 0.513. The molecule has 2 aromatic carbocycles. The van der Waals surface area contributed by atoms with E-state index in [1.54, 1.807) is 41.0 Å². The van der Waals surface area contributed by atoms with Crippen molar-refractivity contribution in [1.82, 2.24) is 4.90 Å². The number of halogens is 1. The molecule has 0 N–H and O–H groups in total. The molecule has 136 valence electrons. The molecule has 1 fully saturated rings. The van der Waals surface area contributed by atoms with E-state index in [9.17, 15) is 9.59 Å². The molecule has 5 heteroatoms. The number of hydrogen-bond donors (Lipinski definition) is 0. The van der Waals surface area contributed by atoms with E-state index in [2.05, 4.69) is 26.0 Å². The molecule has 0 radical (unpaired) electrons. The van der Waals surface area contributed by atoms with E-state index in [1.807, 2.05) is 12.1 Å². The van der Waals surface area contributed by atoms with Crippen LogP contribution in [0.3, 0.4) is 0 Å². The predicted molar refractivity (Wildman–Crippen MR) is 105 cm³/mol. The van der Waals surface area contributed by atoms with Crippen molar-refractivity contribution < 1.29 is 9.59 Å². The number of piperazine rings is 1. The van der Waals surface area contributed by atoms with Gasteiger partial charge >= 0.3 is 0 Å². The van der Waals surface area contributed by atoms with Gasteiger partial charge in [0.05, 0.1) is 0 Å². The quantitative estimate of drug-likeness (QED) is 0.806. The van der Waals surface area contributed by atoms with Gasteiger partial charge < -0.3 is 9.80 Å². The summed E-state index contributed by atoms with van der Waals surface area (Å²) in [4.78, 5) is 29.0. The first-order chi connectivity index (χ1) is 12.4. The molecule has 0 spiro atoms. The summed E-state index contributed by atoms with van der Waals surface area (Å²) in [7, 11) is 0. The minimum atomic E-state index is -0.514. The zero-order valence-electron chi connectivity index (χ0n) is 15.3. The van der Waals surface area contributed by atoms with E-state index in [0.29, 0.717) is 29.6 Å². The van der Waals surface area contributed by atoms with Crippen LogP contribution in [0.4, 0.5) is 5.69 Å². The lowest BCUT2D eigenvalue weighted by molar-refractivity contribution is -0.124. The van der Waals surface area contributed by atoms with Crippen LogP contribution in [0.5, 0.6) is 0 Å². The van der Waals surface area contributed by atoms with Gasteiger partial charge in [0.2, 0.25) is 5.91 Å². The standard InChI is InChI=1S/C21H23ClN2O2/c1-14(2)16-7-9-19(10-8-16)24-12-11-23(15(3)20(24)25)21(26)17-5-4-6-18(22)13-17/h4-10,13-15H,11-12H2,1-3H3/t15-/m0/s1. The first kappa shape index (κ1) is 18.5. The average molecular weight is 371 g/mol. The highest BCUT2D eigenvalue weighted by atomic mass is 35.5. The molecule has 0 aliphatic carbocycles. The third-order valence-corrected chi connectivity index (χ3v) is 5.09. The summed E-state index contributed by atoms with van der Waals surface area (Å²) in [6, 6.07) is 14.4. The van der Waals surface area contributed by atoms with Crippen LogP contribution in [0.25, 0.3) is 0 Å². The van der Waals surface area contributed by atoms with Crippen molar-refractivity contribution in [2.45, 2.75) is 32.7 Å². The van der Waals surface area contributed by atoms with Gasteiger partial charge in [0, 0.05) is 29.4 Å². The first-order valence-corrected chi connectivity index (χ1v) is 9.24. The fourth-order valence-corrected chi connectivity index (χ4v) is 3.42. The molecule has 0 saturated carbocycles. The Balaban J connectivity index is 1.77. The third kappa shape index (κ3) is 3.61. The van der Waals surface area contributed by atoms with Gasteiger partial charge in [-0.3, -0.25) is 9.59 Å². The molecule has 3 rings (SSSR count). The summed E-state index contributed by atoms with van der Waals surface area (Å²) >= 11 is 5.99. The van der Waals surface area contributed by atoms with Gasteiger partial charge in [-0.2, -0.15) is 0 Å². The Morgan fingerprint density at radius 3 is 2.42 bits per heavy atom. The molecule has 0 unspecified atom stereocenters. The number of amides is 2. The lowest BCUT2D eigenvalue weighted by atomic mass is 10.0. The Bertz CT molecular complexity index is 817. The van der Waals surface area contributed by atoms with Crippen molar-refractivity contribution >= 4 is 29.1 Å². The van der Waals surface area contributed by atoms with E-state index < -0.39 is 6.04 Å². The van der Waals surface area contributed by atoms with Crippen molar-refractivity contribution in [2.75, 3.05) is 18.0 Å². The van der Waals surface area contributed by atoms with Crippen LogP contribution >= 0.6 is 11.6 Å². The van der Waals surface area contributed by atoms with Crippen LogP contribution < -0.4 is 4.90 Å². The summed E-state index contributed by atoms with van der Waals surface area (Å²) in [5.41, 5.74) is 2.62. The Kier molecular flexibility index (Phi) is 5.33.